The minimum absolute atomic E-state index is 0.0393. The Morgan fingerprint density at radius 3 is 2.62 bits per heavy atom. The third-order valence-electron chi connectivity index (χ3n) is 5.43. The minimum Gasteiger partial charge on any atom is -0.349 e. The van der Waals surface area contributed by atoms with Crippen LogP contribution in [0.5, 0.6) is 0 Å². The van der Waals surface area contributed by atoms with Crippen LogP contribution >= 0.6 is 22.7 Å². The Hall–Kier alpha value is -3.37. The number of carbonyl (C=O) groups excluding carboxylic acids is 3. The first-order valence-corrected chi connectivity index (χ1v) is 12.6. The fraction of sp³-hybridized carbons (Fsp3) is 0.250. The molecule has 1 saturated heterocycles. The van der Waals surface area contributed by atoms with E-state index in [9.17, 15) is 18.8 Å². The summed E-state index contributed by atoms with van der Waals surface area (Å²) in [6.07, 6.45) is 4.41. The number of aromatic nitrogens is 1. The predicted octanol–water partition coefficient (Wildman–Crippen LogP) is 4.46. The number of piperidine rings is 1. The number of carbonyl (C=O) groups is 3. The van der Waals surface area contributed by atoms with Gasteiger partial charge in [-0.3, -0.25) is 19.3 Å². The summed E-state index contributed by atoms with van der Waals surface area (Å²) in [4.78, 5) is 44.3. The number of thiophene rings is 1. The Morgan fingerprint density at radius 1 is 1.18 bits per heavy atom. The highest BCUT2D eigenvalue weighted by Crippen LogP contribution is 2.31. The van der Waals surface area contributed by atoms with Gasteiger partial charge in [-0.05, 0) is 42.5 Å². The van der Waals surface area contributed by atoms with E-state index in [1.807, 2.05) is 10.8 Å². The molecule has 3 aromatic rings. The van der Waals surface area contributed by atoms with Gasteiger partial charge in [-0.1, -0.05) is 12.1 Å². The van der Waals surface area contributed by atoms with Crippen LogP contribution in [0.25, 0.3) is 6.08 Å². The van der Waals surface area contributed by atoms with Crippen molar-refractivity contribution in [2.24, 2.45) is 0 Å². The zero-order valence-corrected chi connectivity index (χ0v) is 20.1. The molecule has 1 aliphatic heterocycles. The average molecular weight is 499 g/mol. The van der Waals surface area contributed by atoms with Crippen LogP contribution < -0.4 is 10.2 Å². The van der Waals surface area contributed by atoms with Crippen LogP contribution in [-0.2, 0) is 9.59 Å². The molecule has 0 aliphatic carbocycles. The molecule has 0 unspecified atom stereocenters. The van der Waals surface area contributed by atoms with Crippen LogP contribution in [0, 0.1) is 5.82 Å². The van der Waals surface area contributed by atoms with E-state index in [1.54, 1.807) is 34.6 Å². The fourth-order valence-corrected chi connectivity index (χ4v) is 5.15. The highest BCUT2D eigenvalue weighted by molar-refractivity contribution is 7.14. The van der Waals surface area contributed by atoms with Crippen molar-refractivity contribution >= 4 is 57.3 Å². The number of anilines is 2. The SMILES string of the molecule is CC(=O)N(c1nc(/C=C/C(=O)N2CCC(NC(=O)c3ccsc3)CC2)cs1)c1ccccc1F. The van der Waals surface area contributed by atoms with Crippen molar-refractivity contribution in [1.29, 1.82) is 0 Å². The Kier molecular flexibility index (Phi) is 7.49. The standard InChI is InChI=1S/C24H23FN4O3S2/c1-16(30)29(21-5-3-2-4-20(21)25)24-27-19(15-34-24)6-7-22(31)28-11-8-18(9-12-28)26-23(32)17-10-13-33-14-17/h2-7,10,13-15,18H,8-9,11-12H2,1H3,(H,26,32)/b7-6+. The Bertz CT molecular complexity index is 1200. The lowest BCUT2D eigenvalue weighted by Gasteiger charge is -2.31. The molecule has 0 spiro atoms. The summed E-state index contributed by atoms with van der Waals surface area (Å²) in [7, 11) is 0. The molecule has 1 aromatic carbocycles. The molecule has 0 bridgehead atoms. The topological polar surface area (TPSA) is 82.6 Å². The highest BCUT2D eigenvalue weighted by Gasteiger charge is 2.24. The number of nitrogens with one attached hydrogen (secondary N) is 1. The van der Waals surface area contributed by atoms with Gasteiger partial charge in [-0.25, -0.2) is 9.37 Å². The quantitative estimate of drug-likeness (QED) is 0.509. The molecule has 176 valence electrons. The van der Waals surface area contributed by atoms with Crippen molar-refractivity contribution in [2.75, 3.05) is 18.0 Å². The van der Waals surface area contributed by atoms with Gasteiger partial charge in [0, 0.05) is 48.5 Å². The van der Waals surface area contributed by atoms with E-state index in [0.717, 1.165) is 0 Å². The largest absolute Gasteiger partial charge is 0.349 e. The second kappa shape index (κ2) is 10.7. The molecule has 0 atom stereocenters. The van der Waals surface area contributed by atoms with Gasteiger partial charge in [-0.2, -0.15) is 11.3 Å². The average Bonchev–Trinajstić information content (AvgIpc) is 3.52. The third-order valence-corrected chi connectivity index (χ3v) is 6.96. The van der Waals surface area contributed by atoms with E-state index in [0.29, 0.717) is 42.3 Å². The summed E-state index contributed by atoms with van der Waals surface area (Å²) in [5, 5.41) is 8.74. The van der Waals surface area contributed by atoms with E-state index in [2.05, 4.69) is 10.3 Å². The van der Waals surface area contributed by atoms with Gasteiger partial charge in [0.15, 0.2) is 5.13 Å². The van der Waals surface area contributed by atoms with Gasteiger partial charge < -0.3 is 10.2 Å². The maximum Gasteiger partial charge on any atom is 0.252 e. The highest BCUT2D eigenvalue weighted by atomic mass is 32.1. The summed E-state index contributed by atoms with van der Waals surface area (Å²) in [6.45, 7) is 2.44. The molecule has 1 aliphatic rings. The van der Waals surface area contributed by atoms with Gasteiger partial charge in [0.05, 0.1) is 11.4 Å². The number of halogens is 1. The lowest BCUT2D eigenvalue weighted by molar-refractivity contribution is -0.127. The van der Waals surface area contributed by atoms with Crippen molar-refractivity contribution in [1.82, 2.24) is 15.2 Å². The molecule has 3 amide bonds. The smallest absolute Gasteiger partial charge is 0.252 e. The van der Waals surface area contributed by atoms with Crippen LogP contribution in [0.1, 0.15) is 35.8 Å². The van der Waals surface area contributed by atoms with Crippen molar-refractivity contribution < 1.29 is 18.8 Å². The second-order valence-electron chi connectivity index (χ2n) is 7.78. The van der Waals surface area contributed by atoms with Gasteiger partial charge >= 0.3 is 0 Å². The molecule has 34 heavy (non-hydrogen) atoms. The molecule has 1 N–H and O–H groups in total. The Morgan fingerprint density at radius 2 is 1.94 bits per heavy atom. The van der Waals surface area contributed by atoms with E-state index in [-0.39, 0.29) is 29.5 Å². The van der Waals surface area contributed by atoms with Crippen LogP contribution in [-0.4, -0.2) is 46.7 Å². The zero-order valence-electron chi connectivity index (χ0n) is 18.4. The van der Waals surface area contributed by atoms with Crippen molar-refractivity contribution in [3.8, 4) is 0 Å². The van der Waals surface area contributed by atoms with Crippen molar-refractivity contribution in [3.63, 3.8) is 0 Å². The Labute approximate surface area is 204 Å². The van der Waals surface area contributed by atoms with Crippen molar-refractivity contribution in [3.05, 3.63) is 69.6 Å². The molecule has 10 heteroatoms. The number of para-hydroxylation sites is 1. The summed E-state index contributed by atoms with van der Waals surface area (Å²) in [5.41, 5.74) is 1.30. The first-order chi connectivity index (χ1) is 16.4. The van der Waals surface area contributed by atoms with Gasteiger partial charge in [0.25, 0.3) is 5.91 Å². The van der Waals surface area contributed by atoms with E-state index >= 15 is 0 Å². The fourth-order valence-electron chi connectivity index (χ4n) is 3.66. The van der Waals surface area contributed by atoms with E-state index < -0.39 is 5.82 Å². The molecule has 3 heterocycles. The number of thiazole rings is 1. The number of hydrogen-bond acceptors (Lipinski definition) is 6. The van der Waals surface area contributed by atoms with Crippen LogP contribution in [0.3, 0.4) is 0 Å². The minimum atomic E-state index is -0.518. The lowest BCUT2D eigenvalue weighted by Crippen LogP contribution is -2.46. The number of likely N-dealkylation sites (tertiary alicyclic amines) is 1. The molecule has 0 saturated carbocycles. The molecule has 4 rings (SSSR count). The number of rotatable bonds is 6. The summed E-state index contributed by atoms with van der Waals surface area (Å²) in [5.74, 6) is -1.11. The summed E-state index contributed by atoms with van der Waals surface area (Å²) < 4.78 is 14.2. The number of benzene rings is 1. The van der Waals surface area contributed by atoms with Gasteiger partial charge in [-0.15, -0.1) is 11.3 Å². The van der Waals surface area contributed by atoms with Gasteiger partial charge in [0.1, 0.15) is 5.82 Å². The first-order valence-electron chi connectivity index (χ1n) is 10.7. The predicted molar refractivity (Wildman–Crippen MR) is 132 cm³/mol. The zero-order chi connectivity index (χ0) is 24.1. The molecule has 0 radical (unpaired) electrons. The van der Waals surface area contributed by atoms with E-state index in [1.165, 1.54) is 52.7 Å². The number of amides is 3. The van der Waals surface area contributed by atoms with Gasteiger partial charge in [0.2, 0.25) is 11.8 Å². The second-order valence-corrected chi connectivity index (χ2v) is 9.40. The van der Waals surface area contributed by atoms with Crippen LogP contribution in [0.2, 0.25) is 0 Å². The van der Waals surface area contributed by atoms with E-state index in [4.69, 9.17) is 0 Å². The summed E-state index contributed by atoms with van der Waals surface area (Å²) in [6, 6.07) is 7.84. The lowest BCUT2D eigenvalue weighted by atomic mass is 10.0. The Balaban J connectivity index is 1.34. The molecule has 7 nitrogen and oxygen atoms in total. The van der Waals surface area contributed by atoms with Crippen molar-refractivity contribution in [2.45, 2.75) is 25.8 Å². The third kappa shape index (κ3) is 5.57. The van der Waals surface area contributed by atoms with Crippen LogP contribution in [0.15, 0.2) is 52.5 Å². The number of hydrogen-bond donors (Lipinski definition) is 1. The molecular weight excluding hydrogens is 475 g/mol. The maximum atomic E-state index is 14.2. The molecular formula is C24H23FN4O3S2. The maximum absolute atomic E-state index is 14.2. The number of nitrogens with zero attached hydrogens (tertiary/aromatic N) is 3. The molecule has 2 aromatic heterocycles. The normalized spacial score (nSPS) is 14.4. The first kappa shape index (κ1) is 23.8. The summed E-state index contributed by atoms with van der Waals surface area (Å²) >= 11 is 2.67. The molecule has 1 fully saturated rings. The monoisotopic (exact) mass is 498 g/mol. The van der Waals surface area contributed by atoms with Crippen LogP contribution in [0.4, 0.5) is 15.2 Å².